The van der Waals surface area contributed by atoms with E-state index >= 15 is 0 Å². The van der Waals surface area contributed by atoms with Gasteiger partial charge in [0.25, 0.3) is 0 Å². The van der Waals surface area contributed by atoms with Crippen LogP contribution in [0.2, 0.25) is 0 Å². The summed E-state index contributed by atoms with van der Waals surface area (Å²) in [5.41, 5.74) is 6.86. The standard InChI is InChI=1S/C31H44N6O/c1-21-9-7-10-25(17-22(2)38-21)31-34-23(3)29-20-32-27-13-11-24(18-28(27)37(29)31)26-12-14-30(33-19-26)36(6)16-8-15-35(4)5/h11-14,18-22,25,31,34H,7-10,15-17H2,1-6H3/t21-,22+,25?,31?/m1/s1. The molecule has 0 amide bonds. The van der Waals surface area contributed by atoms with E-state index in [0.717, 1.165) is 49.4 Å². The molecule has 38 heavy (non-hydrogen) atoms. The Morgan fingerprint density at radius 2 is 1.84 bits per heavy atom. The lowest BCUT2D eigenvalue weighted by molar-refractivity contribution is -0.0231. The van der Waals surface area contributed by atoms with Gasteiger partial charge in [-0.3, -0.25) is 4.99 Å². The molecule has 7 nitrogen and oxygen atoms in total. The van der Waals surface area contributed by atoms with Gasteiger partial charge in [-0.1, -0.05) is 12.5 Å². The molecule has 1 N–H and O–H groups in total. The number of hydrogen-bond donors (Lipinski definition) is 1. The third kappa shape index (κ3) is 5.74. The van der Waals surface area contributed by atoms with Gasteiger partial charge < -0.3 is 24.8 Å². The van der Waals surface area contributed by atoms with Gasteiger partial charge in [-0.25, -0.2) is 4.98 Å². The Balaban J connectivity index is 1.38. The third-order valence-corrected chi connectivity index (χ3v) is 8.15. The molecule has 4 atom stereocenters. The van der Waals surface area contributed by atoms with Gasteiger partial charge >= 0.3 is 0 Å². The van der Waals surface area contributed by atoms with Crippen LogP contribution in [0.5, 0.6) is 0 Å². The zero-order chi connectivity index (χ0) is 26.8. The lowest BCUT2D eigenvalue weighted by Crippen LogP contribution is -2.46. The van der Waals surface area contributed by atoms with Crippen LogP contribution in [0.1, 0.15) is 52.9 Å². The average molecular weight is 517 g/mol. The second kappa shape index (κ2) is 11.5. The number of nitrogens with one attached hydrogen (secondary N) is 1. The smallest absolute Gasteiger partial charge is 0.128 e. The maximum Gasteiger partial charge on any atom is 0.128 e. The van der Waals surface area contributed by atoms with Gasteiger partial charge in [0, 0.05) is 37.0 Å². The van der Waals surface area contributed by atoms with Crippen molar-refractivity contribution in [1.29, 1.82) is 0 Å². The number of allylic oxidation sites excluding steroid dienone is 2. The maximum atomic E-state index is 6.25. The third-order valence-electron chi connectivity index (χ3n) is 8.15. The molecule has 1 fully saturated rings. The average Bonchev–Trinajstić information content (AvgIpc) is 3.23. The number of benzene rings is 1. The summed E-state index contributed by atoms with van der Waals surface area (Å²) in [6.45, 7) is 8.67. The summed E-state index contributed by atoms with van der Waals surface area (Å²) >= 11 is 0. The van der Waals surface area contributed by atoms with Crippen molar-refractivity contribution in [1.82, 2.24) is 15.2 Å². The largest absolute Gasteiger partial charge is 0.376 e. The zero-order valence-electron chi connectivity index (χ0n) is 23.9. The molecule has 1 saturated heterocycles. The molecule has 3 aliphatic heterocycles. The van der Waals surface area contributed by atoms with Gasteiger partial charge in [-0.05, 0) is 96.9 Å². The van der Waals surface area contributed by atoms with E-state index in [2.05, 4.69) is 92.3 Å². The molecule has 0 saturated carbocycles. The van der Waals surface area contributed by atoms with Crippen molar-refractivity contribution >= 4 is 23.4 Å². The van der Waals surface area contributed by atoms with Crippen molar-refractivity contribution in [2.24, 2.45) is 10.9 Å². The van der Waals surface area contributed by atoms with Gasteiger partial charge in [-0.2, -0.15) is 0 Å². The van der Waals surface area contributed by atoms with Crippen LogP contribution < -0.4 is 15.1 Å². The van der Waals surface area contributed by atoms with Gasteiger partial charge in [0.1, 0.15) is 12.0 Å². The normalized spacial score (nSPS) is 25.1. The highest BCUT2D eigenvalue weighted by atomic mass is 16.5. The van der Waals surface area contributed by atoms with Crippen LogP contribution in [0.3, 0.4) is 0 Å². The number of ether oxygens (including phenoxy) is 1. The number of pyridine rings is 1. The van der Waals surface area contributed by atoms with Crippen LogP contribution in [0.25, 0.3) is 11.1 Å². The number of aliphatic imine (C=N–C) groups is 1. The Kier molecular flexibility index (Phi) is 8.05. The minimum Gasteiger partial charge on any atom is -0.376 e. The number of fused-ring (bicyclic) bond motifs is 3. The molecule has 4 heterocycles. The fourth-order valence-electron chi connectivity index (χ4n) is 6.13. The Labute approximate surface area is 228 Å². The van der Waals surface area contributed by atoms with E-state index in [-0.39, 0.29) is 12.3 Å². The van der Waals surface area contributed by atoms with Crippen LogP contribution in [0.4, 0.5) is 17.2 Å². The second-order valence-corrected chi connectivity index (χ2v) is 11.6. The summed E-state index contributed by atoms with van der Waals surface area (Å²) in [7, 11) is 6.35. The van der Waals surface area contributed by atoms with Gasteiger partial charge in [0.15, 0.2) is 0 Å². The van der Waals surface area contributed by atoms with E-state index in [1.165, 1.54) is 35.5 Å². The molecule has 1 aromatic carbocycles. The molecule has 2 aromatic rings. The van der Waals surface area contributed by atoms with Crippen LogP contribution in [0.15, 0.2) is 52.9 Å². The molecule has 1 aromatic heterocycles. The minimum absolute atomic E-state index is 0.210. The lowest BCUT2D eigenvalue weighted by atomic mass is 9.89. The number of aromatic nitrogens is 1. The van der Waals surface area contributed by atoms with Crippen molar-refractivity contribution in [3.8, 4) is 11.1 Å². The van der Waals surface area contributed by atoms with Gasteiger partial charge in [0.05, 0.1) is 35.5 Å². The Hall–Kier alpha value is -2.90. The highest BCUT2D eigenvalue weighted by molar-refractivity contribution is 5.96. The SMILES string of the molecule is CC1=C2C=Nc3ccc(-c4ccc(N(C)CCCN(C)C)nc4)cc3N2C(C2CCC[C@@H](C)O[C@@H](C)C2)N1. The van der Waals surface area contributed by atoms with E-state index in [1.807, 2.05) is 12.4 Å². The van der Waals surface area contributed by atoms with Gasteiger partial charge in [-0.15, -0.1) is 0 Å². The number of nitrogens with zero attached hydrogens (tertiary/aromatic N) is 5. The van der Waals surface area contributed by atoms with Crippen LogP contribution in [-0.4, -0.2) is 68.7 Å². The predicted octanol–water partition coefficient (Wildman–Crippen LogP) is 5.80. The van der Waals surface area contributed by atoms with Crippen LogP contribution in [-0.2, 0) is 4.74 Å². The highest BCUT2D eigenvalue weighted by Gasteiger charge is 2.39. The Morgan fingerprint density at radius 1 is 1.03 bits per heavy atom. The first-order valence-electron chi connectivity index (χ1n) is 14.2. The Bertz CT molecular complexity index is 1170. The van der Waals surface area contributed by atoms with Crippen LogP contribution in [0, 0.1) is 5.92 Å². The lowest BCUT2D eigenvalue weighted by Gasteiger charge is -2.38. The first-order chi connectivity index (χ1) is 18.3. The van der Waals surface area contributed by atoms with E-state index in [0.29, 0.717) is 12.0 Å². The van der Waals surface area contributed by atoms with Crippen molar-refractivity contribution in [3.63, 3.8) is 0 Å². The minimum atomic E-state index is 0.210. The molecule has 3 aliphatic rings. The summed E-state index contributed by atoms with van der Waals surface area (Å²) < 4.78 is 6.25. The topological polar surface area (TPSA) is 56.2 Å². The number of rotatable bonds is 7. The molecule has 0 radical (unpaired) electrons. The summed E-state index contributed by atoms with van der Waals surface area (Å²) in [4.78, 5) is 16.6. The van der Waals surface area contributed by atoms with E-state index in [1.54, 1.807) is 0 Å². The molecule has 7 heteroatoms. The van der Waals surface area contributed by atoms with E-state index in [4.69, 9.17) is 14.7 Å². The first-order valence-corrected chi connectivity index (χ1v) is 14.2. The zero-order valence-corrected chi connectivity index (χ0v) is 23.9. The van der Waals surface area contributed by atoms with Crippen molar-refractivity contribution in [2.75, 3.05) is 44.0 Å². The molecule has 0 aliphatic carbocycles. The summed E-state index contributed by atoms with van der Waals surface area (Å²) in [6.07, 6.45) is 10.5. The molecular weight excluding hydrogens is 472 g/mol. The highest BCUT2D eigenvalue weighted by Crippen LogP contribution is 2.43. The fourth-order valence-corrected chi connectivity index (χ4v) is 6.13. The maximum absolute atomic E-state index is 6.25. The molecule has 5 rings (SSSR count). The fraction of sp³-hybridized carbons (Fsp3) is 0.548. The number of anilines is 2. The molecule has 204 valence electrons. The predicted molar refractivity (Wildman–Crippen MR) is 158 cm³/mol. The summed E-state index contributed by atoms with van der Waals surface area (Å²) in [5.74, 6) is 1.51. The molecule has 2 unspecified atom stereocenters. The molecule has 0 spiro atoms. The quantitative estimate of drug-likeness (QED) is 0.502. The van der Waals surface area contributed by atoms with Crippen molar-refractivity contribution in [2.45, 2.75) is 71.2 Å². The van der Waals surface area contributed by atoms with Gasteiger partial charge in [0.2, 0.25) is 0 Å². The monoisotopic (exact) mass is 516 g/mol. The number of hydrogen-bond acceptors (Lipinski definition) is 7. The van der Waals surface area contributed by atoms with E-state index < -0.39 is 0 Å². The van der Waals surface area contributed by atoms with Crippen LogP contribution >= 0.6 is 0 Å². The molecule has 0 bridgehead atoms. The van der Waals surface area contributed by atoms with Crippen molar-refractivity contribution in [3.05, 3.63) is 47.9 Å². The van der Waals surface area contributed by atoms with Crippen molar-refractivity contribution < 1.29 is 4.74 Å². The van der Waals surface area contributed by atoms with E-state index in [9.17, 15) is 0 Å². The first kappa shape index (κ1) is 26.7. The molecular formula is C31H44N6O. The second-order valence-electron chi connectivity index (χ2n) is 11.6. The summed E-state index contributed by atoms with van der Waals surface area (Å²) in [6, 6.07) is 10.9. The Morgan fingerprint density at radius 3 is 2.61 bits per heavy atom. The summed E-state index contributed by atoms with van der Waals surface area (Å²) in [5, 5.41) is 3.83.